The van der Waals surface area contributed by atoms with Crippen LogP contribution < -0.4 is 0 Å². The monoisotopic (exact) mass is 588 g/mol. The normalized spacial score (nSPS) is 26.5. The van der Waals surface area contributed by atoms with Gasteiger partial charge < -0.3 is 39.5 Å². The van der Waals surface area contributed by atoms with Gasteiger partial charge in [-0.05, 0) is 6.07 Å². The van der Waals surface area contributed by atoms with Crippen LogP contribution in [0, 0.1) is 22.2 Å². The Labute approximate surface area is 196 Å². The van der Waals surface area contributed by atoms with E-state index in [1.807, 2.05) is 0 Å². The Kier molecular flexibility index (Phi) is 8.09. The highest BCUT2D eigenvalue weighted by Crippen LogP contribution is 2.66. The number of H-pyrrole nitrogens is 1. The highest BCUT2D eigenvalue weighted by Gasteiger charge is 2.46. The smallest absolute Gasteiger partial charge is 0.387 e. The maximum Gasteiger partial charge on any atom is 0.490 e. The summed E-state index contributed by atoms with van der Waals surface area (Å²) in [5.41, 5.74) is -0.709. The first-order chi connectivity index (χ1) is 15.9. The number of aliphatic hydroxyl groups excluding tert-OH is 2. The van der Waals surface area contributed by atoms with E-state index in [1.165, 1.54) is 0 Å². The Morgan fingerprint density at radius 3 is 2.26 bits per heavy atom. The molecule has 6 atom stereocenters. The topological polar surface area (TPSA) is 238 Å². The van der Waals surface area contributed by atoms with Crippen LogP contribution in [0.15, 0.2) is 6.07 Å². The highest BCUT2D eigenvalue weighted by molar-refractivity contribution is 7.71. The number of aromatic nitrogens is 2. The number of nitrogens with zero attached hydrogens (tertiary/aromatic N) is 1. The van der Waals surface area contributed by atoms with Crippen LogP contribution in [0.25, 0.3) is 11.0 Å². The quantitative estimate of drug-likeness (QED) is 0.130. The molecule has 0 bridgehead atoms. The molecule has 0 aromatic carbocycles. The molecule has 0 aliphatic carbocycles. The summed E-state index contributed by atoms with van der Waals surface area (Å²) in [7, 11) is -17.0. The fraction of sp³-hybridized carbons (Fsp3) is 0.385. The van der Waals surface area contributed by atoms with Gasteiger partial charge >= 0.3 is 23.5 Å². The maximum absolute atomic E-state index is 14.1. The van der Waals surface area contributed by atoms with Crippen molar-refractivity contribution in [3.05, 3.63) is 33.9 Å². The van der Waals surface area contributed by atoms with Crippen LogP contribution in [0.3, 0.4) is 0 Å². The second kappa shape index (κ2) is 9.96. The number of hydrogen-bond acceptors (Lipinski definition) is 11. The molecule has 22 heteroatoms. The number of phosphoric acid groups is 3. The van der Waals surface area contributed by atoms with E-state index in [1.54, 1.807) is 0 Å². The summed E-state index contributed by atoms with van der Waals surface area (Å²) in [6, 6.07) is 0.865. The number of rotatable bonds is 8. The zero-order valence-electron chi connectivity index (χ0n) is 16.5. The fourth-order valence-electron chi connectivity index (χ4n) is 2.97. The number of phosphoric ester groups is 1. The molecule has 35 heavy (non-hydrogen) atoms. The van der Waals surface area contributed by atoms with Crippen LogP contribution in [0.5, 0.6) is 0 Å². The van der Waals surface area contributed by atoms with Crippen molar-refractivity contribution < 1.29 is 74.5 Å². The first-order valence-corrected chi connectivity index (χ1v) is 13.7. The van der Waals surface area contributed by atoms with E-state index in [-0.39, 0.29) is 10.2 Å². The molecule has 0 saturated carbocycles. The van der Waals surface area contributed by atoms with Gasteiger partial charge in [-0.3, -0.25) is 4.52 Å². The summed E-state index contributed by atoms with van der Waals surface area (Å²) in [6.45, 7) is -1.11. The van der Waals surface area contributed by atoms with Crippen LogP contribution in [0.4, 0.5) is 13.2 Å². The number of fused-ring (bicyclic) bond motifs is 1. The minimum absolute atomic E-state index is 0.230. The average Bonchev–Trinajstić information content (AvgIpc) is 2.96. The van der Waals surface area contributed by atoms with Gasteiger partial charge in [-0.2, -0.15) is 22.4 Å². The van der Waals surface area contributed by atoms with Gasteiger partial charge in [-0.25, -0.2) is 18.1 Å². The van der Waals surface area contributed by atoms with Crippen molar-refractivity contribution in [2.45, 2.75) is 24.4 Å². The molecule has 0 spiro atoms. The van der Waals surface area contributed by atoms with Crippen molar-refractivity contribution in [2.24, 2.45) is 0 Å². The standard InChI is InChI=1S/C13H14F3N2O13P3S/c14-6-3-1-4(13(35)18-12(3)17-11(16)7(6)15)10-9(20)8(19)5(29-10)2-28-33(24,25)31-34(26,27)30-32(21,22)23/h1,5,8-10,19-20H,2H2,(H,24,25)(H,26,27)(H,17,18,35)(H2,21,22,23)/t5-,8+,9?,10+/m1/s1. The summed E-state index contributed by atoms with van der Waals surface area (Å²) < 4.78 is 91.2. The molecule has 2 aromatic heterocycles. The largest absolute Gasteiger partial charge is 0.490 e. The molecule has 196 valence electrons. The Hall–Kier alpha value is -1.14. The maximum atomic E-state index is 14.1. The van der Waals surface area contributed by atoms with E-state index < -0.39 is 83.1 Å². The van der Waals surface area contributed by atoms with Crippen molar-refractivity contribution in [1.82, 2.24) is 9.97 Å². The van der Waals surface area contributed by atoms with Gasteiger partial charge in [0.1, 0.15) is 34.7 Å². The Morgan fingerprint density at radius 1 is 1.03 bits per heavy atom. The van der Waals surface area contributed by atoms with Gasteiger partial charge in [0.25, 0.3) is 5.95 Å². The van der Waals surface area contributed by atoms with Crippen LogP contribution >= 0.6 is 35.7 Å². The third kappa shape index (κ3) is 6.60. The lowest BCUT2D eigenvalue weighted by atomic mass is 10.0. The minimum Gasteiger partial charge on any atom is -0.387 e. The molecule has 3 unspecified atom stereocenters. The first-order valence-electron chi connectivity index (χ1n) is 8.78. The second-order valence-corrected chi connectivity index (χ2v) is 11.6. The molecule has 15 nitrogen and oxygen atoms in total. The Morgan fingerprint density at radius 2 is 1.66 bits per heavy atom. The summed E-state index contributed by atoms with van der Waals surface area (Å²) in [6.07, 6.45) is -6.93. The number of aliphatic hydroxyl groups is 2. The molecule has 1 aliphatic rings. The first kappa shape index (κ1) is 28.4. The number of pyridine rings is 2. The van der Waals surface area contributed by atoms with Crippen molar-refractivity contribution in [3.8, 4) is 0 Å². The van der Waals surface area contributed by atoms with Crippen molar-refractivity contribution in [3.63, 3.8) is 0 Å². The number of nitrogens with one attached hydrogen (secondary N) is 1. The van der Waals surface area contributed by atoms with E-state index in [2.05, 4.69) is 23.1 Å². The Balaban J connectivity index is 1.79. The minimum atomic E-state index is -5.80. The molecule has 1 saturated heterocycles. The zero-order chi connectivity index (χ0) is 26.5. The molecule has 3 rings (SSSR count). The third-order valence-electron chi connectivity index (χ3n) is 4.36. The molecule has 1 fully saturated rings. The van der Waals surface area contributed by atoms with E-state index in [4.69, 9.17) is 31.6 Å². The second-order valence-electron chi connectivity index (χ2n) is 6.81. The molecule has 1 aliphatic heterocycles. The van der Waals surface area contributed by atoms with Crippen LogP contribution in [-0.4, -0.2) is 64.7 Å². The molecular weight excluding hydrogens is 574 g/mol. The summed E-state index contributed by atoms with van der Waals surface area (Å²) >= 11 is 5.01. The van der Waals surface area contributed by atoms with Gasteiger partial charge in [0, 0.05) is 5.56 Å². The van der Waals surface area contributed by atoms with E-state index in [9.17, 15) is 42.0 Å². The van der Waals surface area contributed by atoms with Crippen molar-refractivity contribution in [2.75, 3.05) is 6.61 Å². The van der Waals surface area contributed by atoms with Crippen molar-refractivity contribution in [1.29, 1.82) is 0 Å². The lowest BCUT2D eigenvalue weighted by Gasteiger charge is -2.19. The lowest BCUT2D eigenvalue weighted by molar-refractivity contribution is -0.0224. The predicted molar refractivity (Wildman–Crippen MR) is 106 cm³/mol. The number of hydrogen-bond donors (Lipinski definition) is 7. The van der Waals surface area contributed by atoms with Gasteiger partial charge in [0.05, 0.1) is 12.0 Å². The third-order valence-corrected chi connectivity index (χ3v) is 8.50. The van der Waals surface area contributed by atoms with E-state index in [0.29, 0.717) is 0 Å². The average molecular weight is 588 g/mol. The lowest BCUT2D eigenvalue weighted by Crippen LogP contribution is -2.33. The SMILES string of the molecule is O=P(O)(O)OP(=O)(O)OP(=O)(O)OC[C@H]1O[C@@H](c2cc3c(F)c(F)c(F)nc3[nH]c2=S)C(O)[C@H]1O. The molecule has 0 amide bonds. The van der Waals surface area contributed by atoms with Gasteiger partial charge in [-0.1, -0.05) is 12.2 Å². The molecule has 7 N–H and O–H groups in total. The van der Waals surface area contributed by atoms with Crippen LogP contribution in [-0.2, 0) is 31.6 Å². The number of ether oxygens (including phenoxy) is 1. The van der Waals surface area contributed by atoms with Gasteiger partial charge in [0.15, 0.2) is 5.82 Å². The van der Waals surface area contributed by atoms with E-state index >= 15 is 0 Å². The van der Waals surface area contributed by atoms with E-state index in [0.717, 1.165) is 6.07 Å². The molecule has 2 aromatic rings. The number of aromatic amines is 1. The molecular formula is C13H14F3N2O13P3S. The molecule has 3 heterocycles. The summed E-state index contributed by atoms with van der Waals surface area (Å²) in [5.74, 6) is -5.28. The van der Waals surface area contributed by atoms with Gasteiger partial charge in [-0.15, -0.1) is 0 Å². The summed E-state index contributed by atoms with van der Waals surface area (Å²) in [4.78, 5) is 41.1. The van der Waals surface area contributed by atoms with Crippen LogP contribution in [0.1, 0.15) is 11.7 Å². The summed E-state index contributed by atoms with van der Waals surface area (Å²) in [5, 5.41) is 19.9. The molecule has 0 radical (unpaired) electrons. The fourth-order valence-corrected chi connectivity index (χ4v) is 6.28. The predicted octanol–water partition coefficient (Wildman–Crippen LogP) is 1.21. The number of halogens is 3. The highest BCUT2D eigenvalue weighted by atomic mass is 32.1. The van der Waals surface area contributed by atoms with Gasteiger partial charge in [0.2, 0.25) is 5.82 Å². The Bertz CT molecular complexity index is 1360. The van der Waals surface area contributed by atoms with Crippen LogP contribution in [0.2, 0.25) is 0 Å². The van der Waals surface area contributed by atoms with Crippen molar-refractivity contribution >= 4 is 46.7 Å². The zero-order valence-corrected chi connectivity index (χ0v) is 20.0.